The van der Waals surface area contributed by atoms with Crippen LogP contribution in [0.5, 0.6) is 5.88 Å². The number of aryl methyl sites for hydroxylation is 1. The van der Waals surface area contributed by atoms with E-state index in [2.05, 4.69) is 15.2 Å². The first-order chi connectivity index (χ1) is 10.7. The van der Waals surface area contributed by atoms with Gasteiger partial charge >= 0.3 is 0 Å². The van der Waals surface area contributed by atoms with Gasteiger partial charge in [0.15, 0.2) is 5.69 Å². The Labute approximate surface area is 127 Å². The van der Waals surface area contributed by atoms with Gasteiger partial charge in [-0.2, -0.15) is 5.11 Å². The minimum atomic E-state index is -0.0721. The highest BCUT2D eigenvalue weighted by atomic mass is 16.3. The third kappa shape index (κ3) is 2.44. The van der Waals surface area contributed by atoms with E-state index in [-0.39, 0.29) is 19.0 Å². The lowest BCUT2D eigenvalue weighted by Crippen LogP contribution is -1.85. The first-order valence-electron chi connectivity index (χ1n) is 6.92. The molecule has 0 saturated carbocycles. The van der Waals surface area contributed by atoms with Crippen LogP contribution in [-0.4, -0.2) is 32.9 Å². The van der Waals surface area contributed by atoms with Crippen molar-refractivity contribution in [3.05, 3.63) is 42.7 Å². The number of hydrogen-bond acceptors (Lipinski definition) is 5. The van der Waals surface area contributed by atoms with E-state index >= 15 is 0 Å². The van der Waals surface area contributed by atoms with E-state index in [4.69, 9.17) is 5.11 Å². The summed E-state index contributed by atoms with van der Waals surface area (Å²) in [5, 5.41) is 27.8. The molecule has 0 atom stereocenters. The fourth-order valence-corrected chi connectivity index (χ4v) is 2.40. The minimum Gasteiger partial charge on any atom is -0.493 e. The van der Waals surface area contributed by atoms with Gasteiger partial charge in [0, 0.05) is 24.8 Å². The zero-order valence-corrected chi connectivity index (χ0v) is 12.1. The van der Waals surface area contributed by atoms with E-state index in [9.17, 15) is 5.11 Å². The van der Waals surface area contributed by atoms with Crippen molar-refractivity contribution in [2.45, 2.75) is 0 Å². The van der Waals surface area contributed by atoms with Crippen molar-refractivity contribution in [2.75, 3.05) is 13.2 Å². The molecule has 0 spiro atoms. The van der Waals surface area contributed by atoms with Gasteiger partial charge in [-0.3, -0.25) is 4.98 Å². The molecule has 22 heavy (non-hydrogen) atoms. The number of fused-ring (bicyclic) bond motifs is 1. The van der Waals surface area contributed by atoms with Crippen LogP contribution in [0.4, 0.5) is 5.69 Å². The van der Waals surface area contributed by atoms with Crippen LogP contribution in [0.15, 0.2) is 53.0 Å². The standard InChI is InChI=1S/C16H16N4O2/c1-20-14-3-2-12(11-4-6-17-7-5-11)10-13(14)15(16(20)22)19-18-8-9-21/h2-7,10,21-22H,8-9H2,1H3. The van der Waals surface area contributed by atoms with Crippen molar-refractivity contribution in [3.8, 4) is 17.0 Å². The summed E-state index contributed by atoms with van der Waals surface area (Å²) >= 11 is 0. The molecule has 0 aliphatic heterocycles. The number of aromatic nitrogens is 2. The van der Waals surface area contributed by atoms with Gasteiger partial charge in [0.25, 0.3) is 0 Å². The number of aliphatic hydroxyl groups excluding tert-OH is 1. The molecule has 0 aliphatic rings. The molecule has 1 aromatic carbocycles. The number of benzene rings is 1. The van der Waals surface area contributed by atoms with E-state index in [0.717, 1.165) is 22.0 Å². The summed E-state index contributed by atoms with van der Waals surface area (Å²) in [7, 11) is 1.77. The molecule has 3 rings (SSSR count). The summed E-state index contributed by atoms with van der Waals surface area (Å²) in [6, 6.07) is 9.76. The maximum Gasteiger partial charge on any atom is 0.220 e. The van der Waals surface area contributed by atoms with Gasteiger partial charge in [-0.25, -0.2) is 0 Å². The van der Waals surface area contributed by atoms with E-state index in [1.807, 2.05) is 30.3 Å². The van der Waals surface area contributed by atoms with E-state index in [1.165, 1.54) is 0 Å². The predicted molar refractivity (Wildman–Crippen MR) is 84.3 cm³/mol. The second-order valence-corrected chi connectivity index (χ2v) is 4.89. The molecule has 2 heterocycles. The van der Waals surface area contributed by atoms with Crippen LogP contribution >= 0.6 is 0 Å². The Morgan fingerprint density at radius 3 is 2.64 bits per heavy atom. The zero-order valence-electron chi connectivity index (χ0n) is 12.1. The summed E-state index contributed by atoms with van der Waals surface area (Å²) < 4.78 is 1.67. The summed E-state index contributed by atoms with van der Waals surface area (Å²) in [5.74, 6) is 0.0589. The molecule has 3 aromatic rings. The van der Waals surface area contributed by atoms with Crippen LogP contribution in [0.2, 0.25) is 0 Å². The first-order valence-corrected chi connectivity index (χ1v) is 6.92. The molecule has 2 aromatic heterocycles. The van der Waals surface area contributed by atoms with Crippen molar-refractivity contribution in [3.63, 3.8) is 0 Å². The van der Waals surface area contributed by atoms with Crippen molar-refractivity contribution in [1.29, 1.82) is 0 Å². The van der Waals surface area contributed by atoms with Gasteiger partial charge < -0.3 is 14.8 Å². The van der Waals surface area contributed by atoms with Gasteiger partial charge in [-0.05, 0) is 35.4 Å². The molecule has 6 heteroatoms. The Morgan fingerprint density at radius 2 is 1.91 bits per heavy atom. The predicted octanol–water partition coefficient (Wildman–Crippen LogP) is 3.02. The van der Waals surface area contributed by atoms with Crippen molar-refractivity contribution in [1.82, 2.24) is 9.55 Å². The maximum absolute atomic E-state index is 10.2. The Bertz CT molecular complexity index is 825. The minimum absolute atomic E-state index is 0.0589. The number of hydrogen-bond donors (Lipinski definition) is 2. The zero-order chi connectivity index (χ0) is 15.5. The maximum atomic E-state index is 10.2. The second-order valence-electron chi connectivity index (χ2n) is 4.89. The topological polar surface area (TPSA) is 83.0 Å². The molecule has 0 amide bonds. The fourth-order valence-electron chi connectivity index (χ4n) is 2.40. The second kappa shape index (κ2) is 5.95. The van der Waals surface area contributed by atoms with Crippen molar-refractivity contribution < 1.29 is 10.2 Å². The van der Waals surface area contributed by atoms with Crippen LogP contribution in [0, 0.1) is 0 Å². The molecule has 2 N–H and O–H groups in total. The largest absolute Gasteiger partial charge is 0.493 e. The number of aromatic hydroxyl groups is 1. The van der Waals surface area contributed by atoms with Gasteiger partial charge in [0.05, 0.1) is 18.7 Å². The summed E-state index contributed by atoms with van der Waals surface area (Å²) in [6.07, 6.45) is 3.48. The number of aliphatic hydroxyl groups is 1. The lowest BCUT2D eigenvalue weighted by Gasteiger charge is -2.02. The molecule has 0 radical (unpaired) electrons. The van der Waals surface area contributed by atoms with Crippen LogP contribution in [0.25, 0.3) is 22.0 Å². The Morgan fingerprint density at radius 1 is 1.14 bits per heavy atom. The average Bonchev–Trinajstić information content (AvgIpc) is 2.80. The fraction of sp³-hybridized carbons (Fsp3) is 0.188. The highest BCUT2D eigenvalue weighted by molar-refractivity contribution is 5.97. The Hall–Kier alpha value is -2.73. The molecule has 0 aliphatic carbocycles. The van der Waals surface area contributed by atoms with Crippen molar-refractivity contribution >= 4 is 16.6 Å². The molecule has 0 saturated heterocycles. The summed E-state index contributed by atoms with van der Waals surface area (Å²) in [6.45, 7) is 0.136. The van der Waals surface area contributed by atoms with Crippen LogP contribution in [0.1, 0.15) is 0 Å². The van der Waals surface area contributed by atoms with Crippen molar-refractivity contribution in [2.24, 2.45) is 17.3 Å². The highest BCUT2D eigenvalue weighted by Gasteiger charge is 2.15. The quantitative estimate of drug-likeness (QED) is 0.726. The van der Waals surface area contributed by atoms with E-state index < -0.39 is 0 Å². The van der Waals surface area contributed by atoms with Gasteiger partial charge in [-0.1, -0.05) is 6.07 Å². The smallest absolute Gasteiger partial charge is 0.220 e. The monoisotopic (exact) mass is 296 g/mol. The van der Waals surface area contributed by atoms with E-state index in [1.54, 1.807) is 24.0 Å². The SMILES string of the molecule is Cn1c(O)c(N=NCCO)c2cc(-c3ccncc3)ccc21. The first kappa shape index (κ1) is 14.2. The Balaban J connectivity index is 2.16. The molecular weight excluding hydrogens is 280 g/mol. The third-order valence-electron chi connectivity index (χ3n) is 3.53. The normalized spacial score (nSPS) is 11.5. The van der Waals surface area contributed by atoms with Gasteiger partial charge in [-0.15, -0.1) is 5.11 Å². The summed E-state index contributed by atoms with van der Waals surface area (Å²) in [5.41, 5.74) is 3.34. The lowest BCUT2D eigenvalue weighted by atomic mass is 10.1. The van der Waals surface area contributed by atoms with Crippen LogP contribution in [0.3, 0.4) is 0 Å². The molecular formula is C16H16N4O2. The molecule has 6 nitrogen and oxygen atoms in total. The Kier molecular flexibility index (Phi) is 3.84. The number of pyridine rings is 1. The number of rotatable bonds is 4. The number of azo groups is 1. The van der Waals surface area contributed by atoms with E-state index in [0.29, 0.717) is 5.69 Å². The third-order valence-corrected chi connectivity index (χ3v) is 3.53. The summed E-state index contributed by atoms with van der Waals surface area (Å²) in [4.78, 5) is 4.02. The number of nitrogens with zero attached hydrogens (tertiary/aromatic N) is 4. The van der Waals surface area contributed by atoms with Gasteiger partial charge in [0.2, 0.25) is 5.88 Å². The highest BCUT2D eigenvalue weighted by Crippen LogP contribution is 2.39. The van der Waals surface area contributed by atoms with Crippen LogP contribution < -0.4 is 0 Å². The van der Waals surface area contributed by atoms with Crippen LogP contribution in [-0.2, 0) is 7.05 Å². The average molecular weight is 296 g/mol. The lowest BCUT2D eigenvalue weighted by molar-refractivity contribution is 0.304. The molecule has 0 unspecified atom stereocenters. The molecule has 0 bridgehead atoms. The molecule has 0 fully saturated rings. The van der Waals surface area contributed by atoms with Gasteiger partial charge in [0.1, 0.15) is 0 Å². The molecule has 112 valence electrons.